The molecule has 1 aliphatic rings. The molecule has 3 heterocycles. The van der Waals surface area contributed by atoms with Crippen molar-refractivity contribution in [2.75, 3.05) is 45.3 Å². The van der Waals surface area contributed by atoms with Crippen LogP contribution in [0.2, 0.25) is 0 Å². The van der Waals surface area contributed by atoms with Crippen LogP contribution in [0, 0.1) is 5.82 Å². The van der Waals surface area contributed by atoms with Gasteiger partial charge >= 0.3 is 6.18 Å². The Labute approximate surface area is 181 Å². The van der Waals surface area contributed by atoms with Gasteiger partial charge in [-0.15, -0.1) is 11.3 Å². The van der Waals surface area contributed by atoms with Crippen LogP contribution in [0.3, 0.4) is 0 Å². The summed E-state index contributed by atoms with van der Waals surface area (Å²) in [5.41, 5.74) is -1.46. The van der Waals surface area contributed by atoms with E-state index in [0.29, 0.717) is 18.0 Å². The average Bonchev–Trinajstić information content (AvgIpc) is 3.13. The minimum absolute atomic E-state index is 0.0888. The SMILES string of the molecule is CSN1CCC(Nc2ncc(F)c(-c3sc(CCN(C)C)nc3C(F)(F)F)n2)CC1. The second-order valence-corrected chi connectivity index (χ2v) is 9.22. The highest BCUT2D eigenvalue weighted by atomic mass is 32.2. The summed E-state index contributed by atoms with van der Waals surface area (Å²) in [5.74, 6) is -0.767. The lowest BCUT2D eigenvalue weighted by Gasteiger charge is -2.30. The lowest BCUT2D eigenvalue weighted by Crippen LogP contribution is -2.35. The fraction of sp³-hybridized carbons (Fsp3) is 0.611. The molecule has 0 amide bonds. The van der Waals surface area contributed by atoms with Crippen LogP contribution in [0.15, 0.2) is 6.20 Å². The minimum Gasteiger partial charge on any atom is -0.351 e. The number of likely N-dealkylation sites (N-methyl/N-ethyl adjacent to an activating group) is 1. The highest BCUT2D eigenvalue weighted by molar-refractivity contribution is 7.96. The molecule has 0 spiro atoms. The number of anilines is 1. The van der Waals surface area contributed by atoms with Gasteiger partial charge in [0, 0.05) is 32.1 Å². The number of nitrogens with one attached hydrogen (secondary N) is 1. The summed E-state index contributed by atoms with van der Waals surface area (Å²) < 4.78 is 57.4. The zero-order valence-corrected chi connectivity index (χ0v) is 18.6. The van der Waals surface area contributed by atoms with Crippen LogP contribution in [0.1, 0.15) is 23.5 Å². The molecule has 1 saturated heterocycles. The van der Waals surface area contributed by atoms with Gasteiger partial charge in [-0.05, 0) is 33.2 Å². The van der Waals surface area contributed by atoms with Crippen LogP contribution in [0.5, 0.6) is 0 Å². The van der Waals surface area contributed by atoms with Crippen molar-refractivity contribution in [3.63, 3.8) is 0 Å². The number of aromatic nitrogens is 3. The maximum absolute atomic E-state index is 14.5. The van der Waals surface area contributed by atoms with E-state index < -0.39 is 17.7 Å². The van der Waals surface area contributed by atoms with Gasteiger partial charge in [0.25, 0.3) is 0 Å². The van der Waals surface area contributed by atoms with Gasteiger partial charge in [0.15, 0.2) is 11.5 Å². The number of halogens is 4. The number of rotatable bonds is 7. The summed E-state index contributed by atoms with van der Waals surface area (Å²) in [6.07, 6.45) is 0.272. The van der Waals surface area contributed by atoms with Crippen molar-refractivity contribution in [1.29, 1.82) is 0 Å². The number of alkyl halides is 3. The summed E-state index contributed by atoms with van der Waals surface area (Å²) >= 11 is 2.51. The number of thiazole rings is 1. The molecule has 1 N–H and O–H groups in total. The van der Waals surface area contributed by atoms with Gasteiger partial charge in [0.2, 0.25) is 5.95 Å². The van der Waals surface area contributed by atoms with Crippen LogP contribution in [0.4, 0.5) is 23.5 Å². The Bertz CT molecular complexity index is 850. The van der Waals surface area contributed by atoms with Crippen LogP contribution in [-0.4, -0.2) is 70.2 Å². The van der Waals surface area contributed by atoms with Crippen LogP contribution >= 0.6 is 23.3 Å². The van der Waals surface area contributed by atoms with Gasteiger partial charge in [-0.3, -0.25) is 4.31 Å². The van der Waals surface area contributed by atoms with Crippen LogP contribution in [-0.2, 0) is 12.6 Å². The van der Waals surface area contributed by atoms with E-state index in [1.54, 1.807) is 11.9 Å². The summed E-state index contributed by atoms with van der Waals surface area (Å²) in [6.45, 7) is 2.31. The summed E-state index contributed by atoms with van der Waals surface area (Å²) in [7, 11) is 3.65. The first-order valence-corrected chi connectivity index (χ1v) is 11.5. The average molecular weight is 465 g/mol. The molecule has 0 aromatic carbocycles. The Kier molecular flexibility index (Phi) is 7.53. The third-order valence-electron chi connectivity index (χ3n) is 4.72. The monoisotopic (exact) mass is 464 g/mol. The first-order chi connectivity index (χ1) is 14.2. The zero-order chi connectivity index (χ0) is 21.9. The Balaban J connectivity index is 1.86. The Morgan fingerprint density at radius 3 is 2.57 bits per heavy atom. The predicted molar refractivity (Wildman–Crippen MR) is 112 cm³/mol. The van der Waals surface area contributed by atoms with E-state index in [0.717, 1.165) is 43.5 Å². The standard InChI is InChI=1S/C18H24F4N6S2/c1-27(2)7-6-13-25-16(18(20,21)22)15(30-13)14-12(19)10-23-17(26-14)24-11-4-8-28(29-3)9-5-11/h10-11H,4-9H2,1-3H3,(H,23,24,26). The van der Waals surface area contributed by atoms with E-state index in [2.05, 4.69) is 24.6 Å². The molecule has 0 bridgehead atoms. The number of piperidine rings is 1. The summed E-state index contributed by atoms with van der Waals surface area (Å²) in [6, 6.07) is 0.0888. The quantitative estimate of drug-likeness (QED) is 0.491. The van der Waals surface area contributed by atoms with Crippen molar-refractivity contribution in [2.45, 2.75) is 31.5 Å². The second-order valence-electron chi connectivity index (χ2n) is 7.26. The van der Waals surface area contributed by atoms with E-state index in [1.807, 2.05) is 25.3 Å². The molecule has 0 saturated carbocycles. The van der Waals surface area contributed by atoms with Crippen molar-refractivity contribution in [2.24, 2.45) is 0 Å². The summed E-state index contributed by atoms with van der Waals surface area (Å²) in [5, 5.41) is 3.43. The fourth-order valence-corrected chi connectivity index (χ4v) is 4.74. The van der Waals surface area contributed by atoms with Gasteiger partial charge in [-0.1, -0.05) is 11.9 Å². The van der Waals surface area contributed by atoms with Gasteiger partial charge < -0.3 is 10.2 Å². The van der Waals surface area contributed by atoms with Crippen molar-refractivity contribution in [1.82, 2.24) is 24.2 Å². The molecule has 0 unspecified atom stereocenters. The molecule has 30 heavy (non-hydrogen) atoms. The third kappa shape index (κ3) is 5.80. The van der Waals surface area contributed by atoms with Gasteiger partial charge in [0.05, 0.1) is 16.1 Å². The molecule has 3 rings (SSSR count). The van der Waals surface area contributed by atoms with Crippen molar-refractivity contribution in [3.8, 4) is 10.6 Å². The van der Waals surface area contributed by atoms with Crippen LogP contribution in [0.25, 0.3) is 10.6 Å². The topological polar surface area (TPSA) is 57.2 Å². The van der Waals surface area contributed by atoms with Crippen LogP contribution < -0.4 is 5.32 Å². The van der Waals surface area contributed by atoms with Crippen molar-refractivity contribution < 1.29 is 17.6 Å². The Morgan fingerprint density at radius 2 is 1.97 bits per heavy atom. The molecule has 2 aromatic rings. The predicted octanol–water partition coefficient (Wildman–Crippen LogP) is 4.02. The lowest BCUT2D eigenvalue weighted by atomic mass is 10.1. The normalized spacial score (nSPS) is 16.4. The van der Waals surface area contributed by atoms with E-state index in [1.165, 1.54) is 0 Å². The number of hydrogen-bond donors (Lipinski definition) is 1. The molecular formula is C18H24F4N6S2. The highest BCUT2D eigenvalue weighted by Gasteiger charge is 2.39. The van der Waals surface area contributed by atoms with Crippen molar-refractivity contribution >= 4 is 29.2 Å². The number of nitrogens with zero attached hydrogens (tertiary/aromatic N) is 5. The Morgan fingerprint density at radius 1 is 1.27 bits per heavy atom. The van der Waals surface area contributed by atoms with Gasteiger partial charge in [-0.2, -0.15) is 13.2 Å². The maximum atomic E-state index is 14.5. The molecule has 0 aliphatic carbocycles. The first-order valence-electron chi connectivity index (χ1n) is 9.47. The van der Waals surface area contributed by atoms with Gasteiger partial charge in [0.1, 0.15) is 5.69 Å². The molecule has 2 aromatic heterocycles. The van der Waals surface area contributed by atoms with E-state index >= 15 is 0 Å². The molecular weight excluding hydrogens is 440 g/mol. The highest BCUT2D eigenvalue weighted by Crippen LogP contribution is 2.40. The van der Waals surface area contributed by atoms with E-state index in [4.69, 9.17) is 0 Å². The maximum Gasteiger partial charge on any atom is 0.434 e. The molecule has 1 aliphatic heterocycles. The minimum atomic E-state index is -4.70. The second kappa shape index (κ2) is 9.75. The third-order valence-corrected chi connectivity index (χ3v) is 6.72. The van der Waals surface area contributed by atoms with Crippen molar-refractivity contribution in [3.05, 3.63) is 22.7 Å². The fourth-order valence-electron chi connectivity index (χ4n) is 3.10. The summed E-state index contributed by atoms with van der Waals surface area (Å²) in [4.78, 5) is 13.3. The van der Waals surface area contributed by atoms with E-state index in [9.17, 15) is 17.6 Å². The van der Waals surface area contributed by atoms with E-state index in [-0.39, 0.29) is 22.6 Å². The zero-order valence-electron chi connectivity index (χ0n) is 17.0. The lowest BCUT2D eigenvalue weighted by molar-refractivity contribution is -0.140. The molecule has 6 nitrogen and oxygen atoms in total. The van der Waals surface area contributed by atoms with Gasteiger partial charge in [-0.25, -0.2) is 19.3 Å². The molecule has 12 heteroatoms. The number of hydrogen-bond acceptors (Lipinski definition) is 8. The molecule has 0 atom stereocenters. The first kappa shape index (κ1) is 23.2. The molecule has 0 radical (unpaired) electrons. The largest absolute Gasteiger partial charge is 0.434 e. The smallest absolute Gasteiger partial charge is 0.351 e. The molecule has 1 fully saturated rings. The Hall–Kier alpha value is -1.50. The molecule has 166 valence electrons.